The maximum atomic E-state index is 12.8. The molecule has 1 saturated heterocycles. The van der Waals surface area contributed by atoms with Crippen molar-refractivity contribution < 1.29 is 9.59 Å². The quantitative estimate of drug-likeness (QED) is 0.693. The van der Waals surface area contributed by atoms with E-state index in [1.807, 2.05) is 46.2 Å². The molecule has 1 fully saturated rings. The summed E-state index contributed by atoms with van der Waals surface area (Å²) in [5.74, 6) is 1.04. The van der Waals surface area contributed by atoms with Gasteiger partial charge in [0.05, 0.1) is 5.69 Å². The van der Waals surface area contributed by atoms with E-state index in [-0.39, 0.29) is 18.2 Å². The number of amides is 2. The zero-order valence-electron chi connectivity index (χ0n) is 17.8. The number of thioether (sulfide) groups is 1. The van der Waals surface area contributed by atoms with E-state index >= 15 is 0 Å². The third-order valence-corrected chi connectivity index (χ3v) is 6.82. The number of para-hydroxylation sites is 1. The normalized spacial score (nSPS) is 17.0. The van der Waals surface area contributed by atoms with Gasteiger partial charge >= 0.3 is 0 Å². The molecule has 2 aliphatic rings. The maximum Gasteiger partial charge on any atom is 0.227 e. The van der Waals surface area contributed by atoms with Crippen molar-refractivity contribution in [3.05, 3.63) is 66.2 Å². The molecule has 162 valence electrons. The van der Waals surface area contributed by atoms with E-state index in [2.05, 4.69) is 35.3 Å². The van der Waals surface area contributed by atoms with Gasteiger partial charge in [-0.2, -0.15) is 0 Å². The van der Waals surface area contributed by atoms with Gasteiger partial charge in [-0.1, -0.05) is 54.6 Å². The van der Waals surface area contributed by atoms with Crippen molar-refractivity contribution in [1.82, 2.24) is 9.80 Å². The van der Waals surface area contributed by atoms with Crippen LogP contribution in [0.25, 0.3) is 6.08 Å². The minimum Gasteiger partial charge on any atom is -0.340 e. The molecule has 0 spiro atoms. The molecule has 0 N–H and O–H groups in total. The van der Waals surface area contributed by atoms with Gasteiger partial charge in [0, 0.05) is 62.8 Å². The van der Waals surface area contributed by atoms with Crippen LogP contribution >= 0.6 is 11.8 Å². The van der Waals surface area contributed by atoms with Crippen molar-refractivity contribution in [3.63, 3.8) is 0 Å². The van der Waals surface area contributed by atoms with Crippen LogP contribution in [-0.4, -0.2) is 66.6 Å². The Bertz CT molecular complexity index is 923. The number of anilines is 1. The fourth-order valence-corrected chi connectivity index (χ4v) is 5.01. The molecule has 31 heavy (non-hydrogen) atoms. The van der Waals surface area contributed by atoms with Crippen LogP contribution in [0.4, 0.5) is 5.69 Å². The van der Waals surface area contributed by atoms with Crippen molar-refractivity contribution in [2.75, 3.05) is 49.9 Å². The number of rotatable bonds is 6. The Morgan fingerprint density at radius 2 is 1.55 bits per heavy atom. The van der Waals surface area contributed by atoms with Gasteiger partial charge in [-0.15, -0.1) is 11.8 Å². The van der Waals surface area contributed by atoms with Gasteiger partial charge < -0.3 is 9.80 Å². The van der Waals surface area contributed by atoms with E-state index in [0.29, 0.717) is 13.0 Å². The number of carbonyl (C=O) groups excluding carboxylic acids is 2. The first-order valence-electron chi connectivity index (χ1n) is 10.9. The van der Waals surface area contributed by atoms with E-state index in [4.69, 9.17) is 0 Å². The predicted molar refractivity (Wildman–Crippen MR) is 127 cm³/mol. The number of piperazine rings is 1. The van der Waals surface area contributed by atoms with Gasteiger partial charge in [0.1, 0.15) is 0 Å². The Labute approximate surface area is 188 Å². The van der Waals surface area contributed by atoms with E-state index in [1.54, 1.807) is 11.8 Å². The van der Waals surface area contributed by atoms with E-state index < -0.39 is 0 Å². The fourth-order valence-electron chi connectivity index (χ4n) is 4.02. The molecule has 2 aromatic carbocycles. The lowest BCUT2D eigenvalue weighted by atomic mass is 10.2. The highest BCUT2D eigenvalue weighted by atomic mass is 32.2. The lowest BCUT2D eigenvalue weighted by Crippen LogP contribution is -2.48. The Kier molecular flexibility index (Phi) is 7.43. The lowest BCUT2D eigenvalue weighted by molar-refractivity contribution is -0.134. The molecule has 2 aliphatic heterocycles. The molecule has 0 saturated carbocycles. The molecular weight excluding hydrogens is 406 g/mol. The van der Waals surface area contributed by atoms with Crippen LogP contribution in [0.3, 0.4) is 0 Å². The average molecular weight is 436 g/mol. The molecule has 2 heterocycles. The summed E-state index contributed by atoms with van der Waals surface area (Å²) in [6.07, 6.45) is 4.89. The number of carbonyl (C=O) groups is 2. The van der Waals surface area contributed by atoms with Crippen LogP contribution in [0.15, 0.2) is 65.6 Å². The highest BCUT2D eigenvalue weighted by molar-refractivity contribution is 7.99. The molecule has 0 atom stereocenters. The Hall–Kier alpha value is -2.57. The topological polar surface area (TPSA) is 43.9 Å². The van der Waals surface area contributed by atoms with Crippen molar-refractivity contribution in [2.24, 2.45) is 0 Å². The summed E-state index contributed by atoms with van der Waals surface area (Å²) < 4.78 is 0. The Balaban J connectivity index is 1.20. The average Bonchev–Trinajstić information content (AvgIpc) is 2.83. The second-order valence-electron chi connectivity index (χ2n) is 7.86. The van der Waals surface area contributed by atoms with Crippen molar-refractivity contribution in [2.45, 2.75) is 17.7 Å². The van der Waals surface area contributed by atoms with Gasteiger partial charge in [-0.05, 0) is 17.7 Å². The molecule has 6 heteroatoms. The smallest absolute Gasteiger partial charge is 0.227 e. The van der Waals surface area contributed by atoms with Crippen molar-refractivity contribution in [3.8, 4) is 0 Å². The zero-order valence-corrected chi connectivity index (χ0v) is 18.6. The second kappa shape index (κ2) is 10.6. The highest BCUT2D eigenvalue weighted by Gasteiger charge is 2.25. The zero-order chi connectivity index (χ0) is 21.5. The van der Waals surface area contributed by atoms with Gasteiger partial charge in [-0.25, -0.2) is 0 Å². The summed E-state index contributed by atoms with van der Waals surface area (Å²) in [5, 5.41) is 0. The minimum atomic E-state index is 0.0470. The summed E-state index contributed by atoms with van der Waals surface area (Å²) in [4.78, 5) is 32.7. The number of hydrogen-bond donors (Lipinski definition) is 0. The largest absolute Gasteiger partial charge is 0.340 e. The fraction of sp³-hybridized carbons (Fsp3) is 0.360. The maximum absolute atomic E-state index is 12.8. The third-order valence-electron chi connectivity index (χ3n) is 5.78. The van der Waals surface area contributed by atoms with Crippen LogP contribution in [0.5, 0.6) is 0 Å². The van der Waals surface area contributed by atoms with Crippen LogP contribution in [0.1, 0.15) is 18.4 Å². The molecule has 0 unspecified atom stereocenters. The number of nitrogens with zero attached hydrogens (tertiary/aromatic N) is 3. The van der Waals surface area contributed by atoms with E-state index in [0.717, 1.165) is 49.1 Å². The molecule has 4 rings (SSSR count). The summed E-state index contributed by atoms with van der Waals surface area (Å²) in [5.41, 5.74) is 2.18. The van der Waals surface area contributed by atoms with Crippen LogP contribution in [0, 0.1) is 0 Å². The monoisotopic (exact) mass is 435 g/mol. The van der Waals surface area contributed by atoms with Gasteiger partial charge in [0.25, 0.3) is 0 Å². The molecule has 0 aliphatic carbocycles. The molecule has 0 aromatic heterocycles. The first-order valence-corrected chi connectivity index (χ1v) is 11.9. The molecule has 0 bridgehead atoms. The predicted octanol–water partition coefficient (Wildman–Crippen LogP) is 3.76. The second-order valence-corrected chi connectivity index (χ2v) is 8.99. The van der Waals surface area contributed by atoms with Crippen LogP contribution in [-0.2, 0) is 9.59 Å². The van der Waals surface area contributed by atoms with Crippen LogP contribution in [0.2, 0.25) is 0 Å². The van der Waals surface area contributed by atoms with Gasteiger partial charge in [0.2, 0.25) is 11.8 Å². The van der Waals surface area contributed by atoms with Crippen molar-refractivity contribution >= 4 is 35.3 Å². The van der Waals surface area contributed by atoms with Crippen molar-refractivity contribution in [1.29, 1.82) is 0 Å². The highest BCUT2D eigenvalue weighted by Crippen LogP contribution is 2.34. The first kappa shape index (κ1) is 21.7. The summed E-state index contributed by atoms with van der Waals surface area (Å²) in [7, 11) is 0. The standard InChI is InChI=1S/C25H29N3O2S/c29-24(12-13-25(30)28-19-20-31-23-11-5-4-10-22(23)28)27-17-15-26(16-18-27)14-6-9-21-7-2-1-3-8-21/h1-11H,12-20H2/b9-6+. The lowest BCUT2D eigenvalue weighted by Gasteiger charge is -2.34. The minimum absolute atomic E-state index is 0.0470. The molecule has 5 nitrogen and oxygen atoms in total. The number of fused-ring (bicyclic) bond motifs is 1. The summed E-state index contributed by atoms with van der Waals surface area (Å²) in [6, 6.07) is 18.3. The molecule has 2 aromatic rings. The summed E-state index contributed by atoms with van der Waals surface area (Å²) >= 11 is 1.78. The number of hydrogen-bond acceptors (Lipinski definition) is 4. The Morgan fingerprint density at radius 1 is 0.839 bits per heavy atom. The third kappa shape index (κ3) is 5.77. The Morgan fingerprint density at radius 3 is 2.35 bits per heavy atom. The number of benzene rings is 2. The summed E-state index contributed by atoms with van der Waals surface area (Å²) in [6.45, 7) is 4.81. The molecule has 2 amide bonds. The van der Waals surface area contributed by atoms with Crippen LogP contribution < -0.4 is 4.90 Å². The molecular formula is C25H29N3O2S. The SMILES string of the molecule is O=C(CCC(=O)N1CCSc2ccccc21)N1CCN(C/C=C/c2ccccc2)CC1. The van der Waals surface area contributed by atoms with Gasteiger partial charge in [-0.3, -0.25) is 14.5 Å². The molecule has 0 radical (unpaired) electrons. The first-order chi connectivity index (χ1) is 15.2. The van der Waals surface area contributed by atoms with Gasteiger partial charge in [0.15, 0.2) is 0 Å². The van der Waals surface area contributed by atoms with E-state index in [1.165, 1.54) is 5.56 Å². The van der Waals surface area contributed by atoms with E-state index in [9.17, 15) is 9.59 Å².